The van der Waals surface area contributed by atoms with Gasteiger partial charge in [0.1, 0.15) is 18.1 Å². The third kappa shape index (κ3) is 4.87. The van der Waals surface area contributed by atoms with Crippen LogP contribution in [0.4, 0.5) is 5.69 Å². The molecular weight excluding hydrogens is 416 g/mol. The zero-order valence-corrected chi connectivity index (χ0v) is 18.8. The van der Waals surface area contributed by atoms with Gasteiger partial charge >= 0.3 is 0 Å². The van der Waals surface area contributed by atoms with Crippen molar-refractivity contribution in [1.82, 2.24) is 14.9 Å². The number of nitrogens with zero attached hydrogens (tertiary/aromatic N) is 2. The number of anilines is 1. The molecule has 1 unspecified atom stereocenters. The van der Waals surface area contributed by atoms with Crippen molar-refractivity contribution in [2.75, 3.05) is 12.4 Å². The Kier molecular flexibility index (Phi) is 6.40. The molecule has 4 rings (SSSR count). The molecule has 1 atom stereocenters. The van der Waals surface area contributed by atoms with Gasteiger partial charge in [0.15, 0.2) is 0 Å². The van der Waals surface area contributed by atoms with Crippen molar-refractivity contribution in [3.8, 4) is 5.75 Å². The molecule has 0 aliphatic carbocycles. The van der Waals surface area contributed by atoms with Crippen LogP contribution in [0, 0.1) is 6.92 Å². The molecule has 0 saturated carbocycles. The van der Waals surface area contributed by atoms with Gasteiger partial charge in [-0.2, -0.15) is 0 Å². The molecule has 0 radical (unpaired) electrons. The van der Waals surface area contributed by atoms with Crippen molar-refractivity contribution in [2.24, 2.45) is 0 Å². The lowest BCUT2D eigenvalue weighted by molar-refractivity contribution is -0.116. The molecule has 7 heteroatoms. The maximum absolute atomic E-state index is 12.9. The number of carbonyl (C=O) groups excluding carboxylic acids is 2. The van der Waals surface area contributed by atoms with Gasteiger partial charge in [-0.3, -0.25) is 9.59 Å². The molecule has 0 bridgehead atoms. The number of carbonyl (C=O) groups is 2. The zero-order valence-electron chi connectivity index (χ0n) is 18.8. The van der Waals surface area contributed by atoms with Gasteiger partial charge in [-0.25, -0.2) is 4.98 Å². The van der Waals surface area contributed by atoms with Gasteiger partial charge in [0.25, 0.3) is 5.91 Å². The highest BCUT2D eigenvalue weighted by atomic mass is 16.5. The van der Waals surface area contributed by atoms with E-state index in [-0.39, 0.29) is 18.4 Å². The second kappa shape index (κ2) is 9.56. The summed E-state index contributed by atoms with van der Waals surface area (Å²) in [4.78, 5) is 30.4. The SMILES string of the molecule is COc1ccccc1NC(=O)Cn1c(C(C)NC(=O)c2ccc(C)cc2)nc2ccccc21. The van der Waals surface area contributed by atoms with Gasteiger partial charge in [-0.1, -0.05) is 42.0 Å². The summed E-state index contributed by atoms with van der Waals surface area (Å²) in [6.45, 7) is 3.88. The normalized spacial score (nSPS) is 11.7. The summed E-state index contributed by atoms with van der Waals surface area (Å²) in [6.07, 6.45) is 0. The van der Waals surface area contributed by atoms with Crippen LogP contribution in [0.5, 0.6) is 5.75 Å². The Morgan fingerprint density at radius 2 is 1.70 bits per heavy atom. The Hall–Kier alpha value is -4.13. The minimum Gasteiger partial charge on any atom is -0.495 e. The van der Waals surface area contributed by atoms with Gasteiger partial charge in [0.2, 0.25) is 5.91 Å². The summed E-state index contributed by atoms with van der Waals surface area (Å²) in [5.41, 5.74) is 3.83. The summed E-state index contributed by atoms with van der Waals surface area (Å²) < 4.78 is 7.16. The summed E-state index contributed by atoms with van der Waals surface area (Å²) in [5, 5.41) is 5.90. The first-order valence-electron chi connectivity index (χ1n) is 10.7. The van der Waals surface area contributed by atoms with Crippen LogP contribution in [0.3, 0.4) is 0 Å². The smallest absolute Gasteiger partial charge is 0.251 e. The van der Waals surface area contributed by atoms with Crippen LogP contribution in [0.25, 0.3) is 11.0 Å². The quantitative estimate of drug-likeness (QED) is 0.442. The monoisotopic (exact) mass is 442 g/mol. The number of rotatable bonds is 7. The number of ether oxygens (including phenoxy) is 1. The minimum atomic E-state index is -0.412. The highest BCUT2D eigenvalue weighted by molar-refractivity contribution is 5.95. The molecule has 1 heterocycles. The predicted molar refractivity (Wildman–Crippen MR) is 128 cm³/mol. The van der Waals surface area contributed by atoms with Crippen molar-refractivity contribution in [3.05, 3.63) is 89.7 Å². The molecule has 0 saturated heterocycles. The summed E-state index contributed by atoms with van der Waals surface area (Å²) >= 11 is 0. The van der Waals surface area contributed by atoms with Gasteiger partial charge in [-0.05, 0) is 50.2 Å². The first-order chi connectivity index (χ1) is 16.0. The standard InChI is InChI=1S/C26H26N4O3/c1-17-12-14-19(15-13-17)26(32)27-18(2)25-29-20-8-4-6-10-22(20)30(25)16-24(31)28-21-9-5-7-11-23(21)33-3/h4-15,18H,16H2,1-3H3,(H,27,32)(H,28,31). The number of benzene rings is 3. The Labute approximate surface area is 192 Å². The highest BCUT2D eigenvalue weighted by Crippen LogP contribution is 2.24. The van der Waals surface area contributed by atoms with Crippen molar-refractivity contribution < 1.29 is 14.3 Å². The lowest BCUT2D eigenvalue weighted by atomic mass is 10.1. The number of hydrogen-bond donors (Lipinski definition) is 2. The molecule has 33 heavy (non-hydrogen) atoms. The average Bonchev–Trinajstić information content (AvgIpc) is 3.18. The van der Waals surface area contributed by atoms with E-state index < -0.39 is 6.04 Å². The third-order valence-electron chi connectivity index (χ3n) is 5.42. The number of fused-ring (bicyclic) bond motifs is 1. The van der Waals surface area contributed by atoms with Crippen molar-refractivity contribution >= 4 is 28.5 Å². The maximum atomic E-state index is 12.9. The van der Waals surface area contributed by atoms with E-state index in [1.165, 1.54) is 0 Å². The van der Waals surface area contributed by atoms with Gasteiger partial charge in [0.05, 0.1) is 29.9 Å². The number of methoxy groups -OCH3 is 1. The van der Waals surface area contributed by atoms with E-state index in [4.69, 9.17) is 9.72 Å². The predicted octanol–water partition coefficient (Wildman–Crippen LogP) is 4.48. The molecule has 0 spiro atoms. The lowest BCUT2D eigenvalue weighted by Crippen LogP contribution is -2.30. The molecule has 3 aromatic carbocycles. The van der Waals surface area contributed by atoms with E-state index in [9.17, 15) is 9.59 Å². The van der Waals surface area contributed by atoms with Gasteiger partial charge in [0, 0.05) is 5.56 Å². The van der Waals surface area contributed by atoms with Crippen molar-refractivity contribution in [1.29, 1.82) is 0 Å². The van der Waals surface area contributed by atoms with E-state index in [0.29, 0.717) is 22.8 Å². The van der Waals surface area contributed by atoms with Gasteiger partial charge < -0.3 is 19.9 Å². The Bertz CT molecular complexity index is 1290. The summed E-state index contributed by atoms with van der Waals surface area (Å²) in [6, 6.07) is 21.8. The van der Waals surface area contributed by atoms with Crippen LogP contribution in [0.1, 0.15) is 34.7 Å². The molecule has 2 amide bonds. The van der Waals surface area contributed by atoms with Gasteiger partial charge in [-0.15, -0.1) is 0 Å². The van der Waals surface area contributed by atoms with Crippen LogP contribution in [0.2, 0.25) is 0 Å². The molecule has 168 valence electrons. The van der Waals surface area contributed by atoms with Crippen molar-refractivity contribution in [2.45, 2.75) is 26.4 Å². The average molecular weight is 443 g/mol. The first-order valence-corrected chi connectivity index (χ1v) is 10.7. The summed E-state index contributed by atoms with van der Waals surface area (Å²) in [5.74, 6) is 0.771. The Morgan fingerprint density at radius 1 is 1.00 bits per heavy atom. The van der Waals surface area contributed by atoms with E-state index in [2.05, 4.69) is 10.6 Å². The molecule has 0 aliphatic heterocycles. The van der Waals surface area contributed by atoms with E-state index >= 15 is 0 Å². The lowest BCUT2D eigenvalue weighted by Gasteiger charge is -2.17. The molecular formula is C26H26N4O3. The molecule has 1 aromatic heterocycles. The zero-order chi connectivity index (χ0) is 23.4. The number of aromatic nitrogens is 2. The fraction of sp³-hybridized carbons (Fsp3) is 0.192. The van der Waals surface area contributed by atoms with Crippen LogP contribution in [0.15, 0.2) is 72.8 Å². The Morgan fingerprint density at radius 3 is 2.45 bits per heavy atom. The van der Waals surface area contributed by atoms with Crippen molar-refractivity contribution in [3.63, 3.8) is 0 Å². The second-order valence-electron chi connectivity index (χ2n) is 7.85. The molecule has 7 nitrogen and oxygen atoms in total. The molecule has 0 aliphatic rings. The van der Waals surface area contributed by atoms with Crippen LogP contribution in [-0.2, 0) is 11.3 Å². The molecule has 2 N–H and O–H groups in total. The van der Waals surface area contributed by atoms with E-state index in [0.717, 1.165) is 16.6 Å². The molecule has 0 fully saturated rings. The number of hydrogen-bond acceptors (Lipinski definition) is 4. The second-order valence-corrected chi connectivity index (χ2v) is 7.85. The summed E-state index contributed by atoms with van der Waals surface area (Å²) in [7, 11) is 1.56. The van der Waals surface area contributed by atoms with Crippen LogP contribution in [-0.4, -0.2) is 28.5 Å². The fourth-order valence-electron chi connectivity index (χ4n) is 3.72. The highest BCUT2D eigenvalue weighted by Gasteiger charge is 2.21. The minimum absolute atomic E-state index is 0.0403. The topological polar surface area (TPSA) is 85.2 Å². The third-order valence-corrected chi connectivity index (χ3v) is 5.42. The van der Waals surface area contributed by atoms with Crippen LogP contribution >= 0.6 is 0 Å². The Balaban J connectivity index is 1.59. The number of nitrogens with one attached hydrogen (secondary N) is 2. The largest absolute Gasteiger partial charge is 0.495 e. The number of aryl methyl sites for hydroxylation is 1. The molecule has 4 aromatic rings. The van der Waals surface area contributed by atoms with E-state index in [1.807, 2.05) is 66.9 Å². The first kappa shape index (κ1) is 22.1. The number of imidazole rings is 1. The van der Waals surface area contributed by atoms with E-state index in [1.54, 1.807) is 31.4 Å². The fourth-order valence-corrected chi connectivity index (χ4v) is 3.72. The maximum Gasteiger partial charge on any atom is 0.251 e. The van der Waals surface area contributed by atoms with Crippen LogP contribution < -0.4 is 15.4 Å². The number of para-hydroxylation sites is 4. The number of amides is 2.